The fourth-order valence-electron chi connectivity index (χ4n) is 5.76. The first kappa shape index (κ1) is 30.1. The van der Waals surface area contributed by atoms with Crippen molar-refractivity contribution in [3.8, 4) is 11.5 Å². The second-order valence-corrected chi connectivity index (χ2v) is 11.5. The Balaban J connectivity index is 1.52. The number of esters is 1. The Morgan fingerprint density at radius 1 is 1.02 bits per heavy atom. The first-order chi connectivity index (χ1) is 21.9. The summed E-state index contributed by atoms with van der Waals surface area (Å²) in [5.74, 6) is 0.226. The number of rotatable bonds is 9. The summed E-state index contributed by atoms with van der Waals surface area (Å²) in [5.41, 5.74) is 3.83. The smallest absolute Gasteiger partial charge is 0.337 e. The van der Waals surface area contributed by atoms with E-state index >= 15 is 0 Å². The second-order valence-electron chi connectivity index (χ2n) is 10.4. The number of carbonyl (C=O) groups excluding carboxylic acids is 1. The van der Waals surface area contributed by atoms with Crippen LogP contribution in [-0.2, 0) is 16.1 Å². The van der Waals surface area contributed by atoms with Crippen LogP contribution < -0.4 is 24.4 Å². The van der Waals surface area contributed by atoms with Gasteiger partial charge >= 0.3 is 5.97 Å². The van der Waals surface area contributed by atoms with Crippen LogP contribution in [0.4, 0.5) is 4.39 Å². The molecule has 45 heavy (non-hydrogen) atoms. The van der Waals surface area contributed by atoms with E-state index in [0.29, 0.717) is 51.7 Å². The molecule has 0 amide bonds. The lowest BCUT2D eigenvalue weighted by molar-refractivity contribution is -0.136. The number of benzene rings is 3. The van der Waals surface area contributed by atoms with Gasteiger partial charge in [0.15, 0.2) is 16.3 Å². The molecule has 6 rings (SSSR count). The molecule has 1 aliphatic rings. The van der Waals surface area contributed by atoms with Crippen molar-refractivity contribution in [2.24, 2.45) is 4.99 Å². The average Bonchev–Trinajstić information content (AvgIpc) is 3.51. The average molecular weight is 626 g/mol. The first-order valence-corrected chi connectivity index (χ1v) is 15.5. The number of nitrogens with zero attached hydrogens (tertiary/aromatic N) is 3. The summed E-state index contributed by atoms with van der Waals surface area (Å²) in [6.07, 6.45) is 3.33. The van der Waals surface area contributed by atoms with Gasteiger partial charge in [-0.2, -0.15) is 0 Å². The number of halogens is 1. The van der Waals surface area contributed by atoms with Crippen molar-refractivity contribution in [2.75, 3.05) is 20.3 Å². The number of para-hydroxylation sites is 1. The van der Waals surface area contributed by atoms with E-state index in [1.165, 1.54) is 35.3 Å². The van der Waals surface area contributed by atoms with Gasteiger partial charge in [-0.1, -0.05) is 53.8 Å². The van der Waals surface area contributed by atoms with Crippen LogP contribution in [-0.4, -0.2) is 35.4 Å². The highest BCUT2D eigenvalue weighted by atomic mass is 32.1. The van der Waals surface area contributed by atoms with Gasteiger partial charge in [-0.3, -0.25) is 9.36 Å². The van der Waals surface area contributed by atoms with Gasteiger partial charge in [0, 0.05) is 33.9 Å². The molecule has 0 fully saturated rings. The first-order valence-electron chi connectivity index (χ1n) is 14.7. The third-order valence-corrected chi connectivity index (χ3v) is 8.85. The maximum absolute atomic E-state index is 14.6. The zero-order valence-electron chi connectivity index (χ0n) is 25.4. The van der Waals surface area contributed by atoms with Crippen molar-refractivity contribution in [2.45, 2.75) is 33.4 Å². The summed E-state index contributed by atoms with van der Waals surface area (Å²) in [6, 6.07) is 19.2. The number of carbonyl (C=O) groups is 1. The van der Waals surface area contributed by atoms with Gasteiger partial charge in [-0.25, -0.2) is 14.2 Å². The molecule has 8 nitrogen and oxygen atoms in total. The number of hydrogen-bond donors (Lipinski definition) is 0. The molecular weight excluding hydrogens is 593 g/mol. The maximum atomic E-state index is 14.6. The Labute approximate surface area is 262 Å². The molecular formula is C35H32FN3O5S. The minimum atomic E-state index is -0.797. The molecule has 0 aliphatic carbocycles. The summed E-state index contributed by atoms with van der Waals surface area (Å²) >= 11 is 1.24. The highest BCUT2D eigenvalue weighted by Crippen LogP contribution is 2.35. The molecule has 1 aliphatic heterocycles. The number of hydrogen-bond acceptors (Lipinski definition) is 7. The Morgan fingerprint density at radius 3 is 2.51 bits per heavy atom. The van der Waals surface area contributed by atoms with Crippen molar-refractivity contribution in [3.05, 3.63) is 126 Å². The number of fused-ring (bicyclic) bond motifs is 2. The highest BCUT2D eigenvalue weighted by Gasteiger charge is 2.31. The minimum absolute atomic E-state index is 0.223. The lowest BCUT2D eigenvalue weighted by Crippen LogP contribution is -2.39. The predicted molar refractivity (Wildman–Crippen MR) is 172 cm³/mol. The largest absolute Gasteiger partial charge is 0.490 e. The Kier molecular flexibility index (Phi) is 8.40. The molecule has 0 unspecified atom stereocenters. The molecule has 0 saturated heterocycles. The van der Waals surface area contributed by atoms with Gasteiger partial charge in [0.2, 0.25) is 0 Å². The monoisotopic (exact) mass is 625 g/mol. The summed E-state index contributed by atoms with van der Waals surface area (Å²) in [4.78, 5) is 32.1. The predicted octanol–water partition coefficient (Wildman–Crippen LogP) is 5.27. The maximum Gasteiger partial charge on any atom is 0.337 e. The van der Waals surface area contributed by atoms with Crippen molar-refractivity contribution >= 4 is 34.3 Å². The lowest BCUT2D eigenvalue weighted by Gasteiger charge is -2.23. The van der Waals surface area contributed by atoms with Crippen LogP contribution >= 0.6 is 11.3 Å². The Bertz CT molecular complexity index is 2140. The quantitative estimate of drug-likeness (QED) is 0.209. The molecule has 0 spiro atoms. The van der Waals surface area contributed by atoms with Gasteiger partial charge in [0.25, 0.3) is 5.56 Å². The molecule has 0 N–H and O–H groups in total. The third-order valence-electron chi connectivity index (χ3n) is 7.85. The zero-order chi connectivity index (χ0) is 31.7. The van der Waals surface area contributed by atoms with E-state index in [4.69, 9.17) is 14.2 Å². The van der Waals surface area contributed by atoms with Gasteiger partial charge in [-0.05, 0) is 56.7 Å². The summed E-state index contributed by atoms with van der Waals surface area (Å²) in [6.45, 7) is 6.95. The minimum Gasteiger partial charge on any atom is -0.490 e. The second kappa shape index (κ2) is 12.6. The number of thiazole rings is 1. The SMILES string of the molecule is CCOc1ccc([C@@H]2C(C(=O)OC)=CN=c3s/c(=C/c4c(C)n(Cc5ccccc5F)c5ccccc45)c(=O)n32)cc1OCC. The zero-order valence-corrected chi connectivity index (χ0v) is 26.2. The van der Waals surface area contributed by atoms with E-state index in [0.717, 1.165) is 22.2 Å². The molecule has 1 atom stereocenters. The van der Waals surface area contributed by atoms with E-state index in [2.05, 4.69) is 9.56 Å². The van der Waals surface area contributed by atoms with Crippen molar-refractivity contribution in [1.82, 2.24) is 9.13 Å². The molecule has 0 bridgehead atoms. The fourth-order valence-corrected chi connectivity index (χ4v) is 6.71. The van der Waals surface area contributed by atoms with Crippen LogP contribution in [0.3, 0.4) is 0 Å². The third kappa shape index (κ3) is 5.46. The molecule has 3 heterocycles. The van der Waals surface area contributed by atoms with Crippen LogP contribution in [0.15, 0.2) is 88.3 Å². The van der Waals surface area contributed by atoms with Crippen LogP contribution in [0.25, 0.3) is 17.0 Å². The number of aromatic nitrogens is 2. The number of methoxy groups -OCH3 is 1. The standard InChI is InChI=1S/C35H32FN3O5S/c1-5-43-29-16-15-22(17-30(29)44-6-2)32-26(34(41)42-4)19-37-35-39(32)33(40)31(45-35)18-25-21(3)38(28-14-10-8-12-24(25)28)20-23-11-7-9-13-27(23)36/h7-19,32H,5-6,20H2,1-4H3/b31-18+/t32-/m1/s1. The van der Waals surface area contributed by atoms with E-state index in [-0.39, 0.29) is 16.9 Å². The number of ether oxygens (including phenoxy) is 3. The van der Waals surface area contributed by atoms with Crippen LogP contribution in [0, 0.1) is 12.7 Å². The molecule has 0 saturated carbocycles. The van der Waals surface area contributed by atoms with Gasteiger partial charge in [-0.15, -0.1) is 0 Å². The van der Waals surface area contributed by atoms with Gasteiger partial charge in [0.05, 0.1) is 43.0 Å². The topological polar surface area (TPSA) is 84.0 Å². The molecule has 5 aromatic rings. The van der Waals surface area contributed by atoms with Crippen LogP contribution in [0.1, 0.15) is 42.3 Å². The van der Waals surface area contributed by atoms with Crippen molar-refractivity contribution in [3.63, 3.8) is 0 Å². The van der Waals surface area contributed by atoms with Crippen molar-refractivity contribution in [1.29, 1.82) is 0 Å². The molecule has 3 aromatic carbocycles. The summed E-state index contributed by atoms with van der Waals surface area (Å²) in [7, 11) is 1.30. The highest BCUT2D eigenvalue weighted by molar-refractivity contribution is 7.07. The van der Waals surface area contributed by atoms with E-state index in [1.807, 2.05) is 63.2 Å². The van der Waals surface area contributed by atoms with Gasteiger partial charge in [0.1, 0.15) is 5.82 Å². The summed E-state index contributed by atoms with van der Waals surface area (Å²) < 4.78 is 35.4. The molecule has 10 heteroatoms. The van der Waals surface area contributed by atoms with Crippen LogP contribution in [0.5, 0.6) is 11.5 Å². The fraction of sp³-hybridized carbons (Fsp3) is 0.229. The normalized spacial score (nSPS) is 14.6. The summed E-state index contributed by atoms with van der Waals surface area (Å²) in [5, 5.41) is 0.942. The Hall–Kier alpha value is -4.96. The van der Waals surface area contributed by atoms with Gasteiger partial charge < -0.3 is 18.8 Å². The molecule has 230 valence electrons. The molecule has 2 aromatic heterocycles. The molecule has 0 radical (unpaired) electrons. The lowest BCUT2D eigenvalue weighted by atomic mass is 9.97. The van der Waals surface area contributed by atoms with Crippen LogP contribution in [0.2, 0.25) is 0 Å². The van der Waals surface area contributed by atoms with E-state index in [9.17, 15) is 14.0 Å². The van der Waals surface area contributed by atoms with E-state index in [1.54, 1.807) is 24.3 Å². The van der Waals surface area contributed by atoms with Crippen molar-refractivity contribution < 1.29 is 23.4 Å². The Morgan fingerprint density at radius 2 is 1.76 bits per heavy atom. The van der Waals surface area contributed by atoms with E-state index < -0.39 is 12.0 Å².